The number of aryl methyl sites for hydroxylation is 2. The molecular formula is C38H26F6N8O2S4. The van der Waals surface area contributed by atoms with E-state index in [2.05, 4.69) is 30.6 Å². The Labute approximate surface area is 340 Å². The van der Waals surface area contributed by atoms with E-state index < -0.39 is 35.4 Å². The fraction of sp³-hybridized carbons (Fsp3) is 0.105. The van der Waals surface area contributed by atoms with Gasteiger partial charge in [0.2, 0.25) is 0 Å². The molecule has 0 spiro atoms. The van der Waals surface area contributed by atoms with Crippen molar-refractivity contribution >= 4 is 101 Å². The van der Waals surface area contributed by atoms with Crippen molar-refractivity contribution in [2.24, 2.45) is 0 Å². The molecule has 0 saturated carbocycles. The van der Waals surface area contributed by atoms with E-state index in [0.29, 0.717) is 26.5 Å². The maximum Gasteiger partial charge on any atom is 0.433 e. The second kappa shape index (κ2) is 15.8. The van der Waals surface area contributed by atoms with Crippen LogP contribution in [0.2, 0.25) is 0 Å². The molecule has 58 heavy (non-hydrogen) atoms. The van der Waals surface area contributed by atoms with Crippen LogP contribution in [0.1, 0.15) is 41.7 Å². The summed E-state index contributed by atoms with van der Waals surface area (Å²) >= 11 is 4.21. The molecule has 0 radical (unpaired) electrons. The zero-order valence-electron chi connectivity index (χ0n) is 29.7. The number of amides is 2. The quantitative estimate of drug-likeness (QED) is 0.120. The van der Waals surface area contributed by atoms with Crippen molar-refractivity contribution in [2.45, 2.75) is 26.2 Å². The number of nitrogen functional groups attached to an aromatic ring is 2. The van der Waals surface area contributed by atoms with Crippen LogP contribution in [0.15, 0.2) is 83.8 Å². The number of fused-ring (bicyclic) bond motifs is 2. The lowest BCUT2D eigenvalue weighted by Crippen LogP contribution is -2.13. The number of anilines is 4. The van der Waals surface area contributed by atoms with Gasteiger partial charge in [0, 0.05) is 33.6 Å². The van der Waals surface area contributed by atoms with Crippen LogP contribution in [0.3, 0.4) is 0 Å². The third kappa shape index (κ3) is 8.35. The molecular weight excluding hydrogens is 843 g/mol. The number of pyridine rings is 4. The number of carbonyl (C=O) groups is 2. The van der Waals surface area contributed by atoms with Crippen LogP contribution in [-0.4, -0.2) is 31.8 Å². The van der Waals surface area contributed by atoms with E-state index in [9.17, 15) is 35.9 Å². The van der Waals surface area contributed by atoms with E-state index in [4.69, 9.17) is 11.5 Å². The number of halogens is 6. The summed E-state index contributed by atoms with van der Waals surface area (Å²) in [5.41, 5.74) is 12.4. The average Bonchev–Trinajstić information content (AvgIpc) is 4.01. The first-order valence-corrected chi connectivity index (χ1v) is 20.0. The molecule has 0 bridgehead atoms. The summed E-state index contributed by atoms with van der Waals surface area (Å²) in [4.78, 5) is 42.9. The SMILES string of the molecule is Cc1ccc(NC(=O)c2sc3nc(-c4cccs4)cc(C(F)(F)F)c3c2N)nc1.Cc1ccc(NC(=O)c2sc3nc(C(F)(F)F)cc(-c4cccs4)c3c2N)nc1. The first kappa shape index (κ1) is 40.2. The maximum absolute atomic E-state index is 13.7. The highest BCUT2D eigenvalue weighted by molar-refractivity contribution is 7.22. The van der Waals surface area contributed by atoms with Crippen LogP contribution >= 0.6 is 45.3 Å². The first-order valence-electron chi connectivity index (χ1n) is 16.6. The monoisotopic (exact) mass is 868 g/mol. The Morgan fingerprint density at radius 2 is 1.17 bits per heavy atom. The van der Waals surface area contributed by atoms with Gasteiger partial charge >= 0.3 is 12.4 Å². The predicted octanol–water partition coefficient (Wildman–Crippen LogP) is 11.2. The lowest BCUT2D eigenvalue weighted by Gasteiger charge is -2.10. The van der Waals surface area contributed by atoms with Gasteiger partial charge in [-0.1, -0.05) is 24.3 Å². The number of aromatic nitrogens is 4. The Morgan fingerprint density at radius 1 is 0.655 bits per heavy atom. The Hall–Kier alpha value is -5.96. The van der Waals surface area contributed by atoms with Crippen molar-refractivity contribution in [2.75, 3.05) is 22.1 Å². The minimum absolute atomic E-state index is 0.0382. The number of rotatable bonds is 6. The van der Waals surface area contributed by atoms with Gasteiger partial charge in [-0.05, 0) is 72.1 Å². The van der Waals surface area contributed by atoms with Crippen LogP contribution in [0.25, 0.3) is 41.4 Å². The van der Waals surface area contributed by atoms with Gasteiger partial charge < -0.3 is 22.1 Å². The number of nitrogens with two attached hydrogens (primary N) is 2. The van der Waals surface area contributed by atoms with Crippen molar-refractivity contribution < 1.29 is 35.9 Å². The largest absolute Gasteiger partial charge is 0.433 e. The molecule has 0 aliphatic heterocycles. The normalized spacial score (nSPS) is 11.7. The first-order chi connectivity index (χ1) is 27.5. The van der Waals surface area contributed by atoms with Gasteiger partial charge in [0.25, 0.3) is 11.8 Å². The number of thiophene rings is 4. The minimum atomic E-state index is -4.64. The molecule has 10 nitrogen and oxygen atoms in total. The summed E-state index contributed by atoms with van der Waals surface area (Å²) in [5.74, 6) is -0.583. The van der Waals surface area contributed by atoms with E-state index in [1.807, 2.05) is 13.8 Å². The maximum atomic E-state index is 13.7. The van der Waals surface area contributed by atoms with Crippen LogP contribution in [0, 0.1) is 13.8 Å². The zero-order valence-corrected chi connectivity index (χ0v) is 33.0. The average molecular weight is 869 g/mol. The molecule has 0 saturated heterocycles. The standard InChI is InChI=1S/2C19H13F3N4OS2/c1-9-4-5-13(24-8-9)26-17(27)16-15(23)14-10(19(20,21)22)7-11(25-18(14)29-16)12-3-2-6-28-12;1-9-4-5-13(24-8-9)26-17(27)16-15(23)14-10(11-3-2-6-28-11)7-12(19(20,21)22)25-18(14)29-16/h2*2-8H,23H2,1H3,(H,24,26,27). The van der Waals surface area contributed by atoms with E-state index in [1.54, 1.807) is 71.7 Å². The van der Waals surface area contributed by atoms with Gasteiger partial charge in [-0.2, -0.15) is 26.3 Å². The van der Waals surface area contributed by atoms with E-state index in [0.717, 1.165) is 45.9 Å². The molecule has 0 fully saturated rings. The molecule has 296 valence electrons. The molecule has 0 aliphatic carbocycles. The van der Waals surface area contributed by atoms with E-state index >= 15 is 0 Å². The van der Waals surface area contributed by atoms with Crippen molar-refractivity contribution in [3.8, 4) is 21.0 Å². The lowest BCUT2D eigenvalue weighted by atomic mass is 10.1. The molecule has 0 aromatic carbocycles. The number of hydrogen-bond donors (Lipinski definition) is 4. The van der Waals surface area contributed by atoms with Crippen LogP contribution in [0.5, 0.6) is 0 Å². The molecule has 8 aromatic heterocycles. The zero-order chi connectivity index (χ0) is 41.5. The summed E-state index contributed by atoms with van der Waals surface area (Å²) in [6, 6.07) is 15.6. The molecule has 8 aromatic rings. The van der Waals surface area contributed by atoms with Gasteiger partial charge in [-0.15, -0.1) is 45.3 Å². The Morgan fingerprint density at radius 3 is 1.64 bits per heavy atom. The minimum Gasteiger partial charge on any atom is -0.397 e. The topological polar surface area (TPSA) is 162 Å². The third-order valence-electron chi connectivity index (χ3n) is 8.27. The fourth-order valence-electron chi connectivity index (χ4n) is 5.55. The molecule has 2 amide bonds. The molecule has 0 unspecified atom stereocenters. The second-order valence-corrected chi connectivity index (χ2v) is 16.4. The fourth-order valence-corrected chi connectivity index (χ4v) is 9.02. The molecule has 8 heterocycles. The number of carbonyl (C=O) groups excluding carboxylic acids is 2. The van der Waals surface area contributed by atoms with Gasteiger partial charge in [0.1, 0.15) is 36.7 Å². The molecule has 8 rings (SSSR count). The summed E-state index contributed by atoms with van der Waals surface area (Å²) in [6.45, 7) is 3.71. The Balaban J connectivity index is 0.000000177. The van der Waals surface area contributed by atoms with Crippen molar-refractivity contribution in [3.05, 3.63) is 116 Å². The van der Waals surface area contributed by atoms with Gasteiger partial charge in [-0.25, -0.2) is 19.9 Å². The predicted molar refractivity (Wildman–Crippen MR) is 219 cm³/mol. The van der Waals surface area contributed by atoms with Crippen LogP contribution in [-0.2, 0) is 12.4 Å². The lowest BCUT2D eigenvalue weighted by molar-refractivity contribution is -0.141. The second-order valence-electron chi connectivity index (χ2n) is 12.5. The van der Waals surface area contributed by atoms with Crippen molar-refractivity contribution in [1.29, 1.82) is 0 Å². The van der Waals surface area contributed by atoms with Crippen molar-refractivity contribution in [3.63, 3.8) is 0 Å². The number of alkyl halides is 6. The number of nitrogens with one attached hydrogen (secondary N) is 2. The van der Waals surface area contributed by atoms with E-state index in [-0.39, 0.29) is 47.7 Å². The van der Waals surface area contributed by atoms with Gasteiger partial charge in [0.15, 0.2) is 0 Å². The van der Waals surface area contributed by atoms with Crippen molar-refractivity contribution in [1.82, 2.24) is 19.9 Å². The van der Waals surface area contributed by atoms with Gasteiger partial charge in [0.05, 0.1) is 27.5 Å². The smallest absolute Gasteiger partial charge is 0.397 e. The molecule has 20 heteroatoms. The highest BCUT2D eigenvalue weighted by Gasteiger charge is 2.37. The van der Waals surface area contributed by atoms with E-state index in [1.165, 1.54) is 22.7 Å². The third-order valence-corrected chi connectivity index (χ3v) is 12.3. The summed E-state index contributed by atoms with van der Waals surface area (Å²) < 4.78 is 81.2. The number of hydrogen-bond acceptors (Lipinski definition) is 12. The highest BCUT2D eigenvalue weighted by Crippen LogP contribution is 2.45. The Bertz CT molecular complexity index is 2780. The molecule has 0 aliphatic rings. The van der Waals surface area contributed by atoms with Crippen LogP contribution in [0.4, 0.5) is 49.4 Å². The summed E-state index contributed by atoms with van der Waals surface area (Å²) in [5, 5.41) is 8.77. The molecule has 0 atom stereocenters. The molecule has 6 N–H and O–H groups in total. The van der Waals surface area contributed by atoms with Crippen LogP contribution < -0.4 is 22.1 Å². The Kier molecular flexibility index (Phi) is 10.9. The summed E-state index contributed by atoms with van der Waals surface area (Å²) in [7, 11) is 0. The number of nitrogens with zero attached hydrogens (tertiary/aromatic N) is 4. The van der Waals surface area contributed by atoms with Gasteiger partial charge in [-0.3, -0.25) is 9.59 Å². The summed E-state index contributed by atoms with van der Waals surface area (Å²) in [6.07, 6.45) is -6.10. The highest BCUT2D eigenvalue weighted by atomic mass is 32.1.